The quantitative estimate of drug-likeness (QED) is 0.642. The van der Waals surface area contributed by atoms with E-state index < -0.39 is 15.9 Å². The Kier molecular flexibility index (Phi) is 5.54. The SMILES string of the molecule is COc1ccc(-c2cccc(C(=O)NNS(=O)(=O)c3ccccc3)c2)cc1. The second-order valence-electron chi connectivity index (χ2n) is 5.68. The molecule has 0 aliphatic carbocycles. The Morgan fingerprint density at radius 2 is 1.56 bits per heavy atom. The highest BCUT2D eigenvalue weighted by Gasteiger charge is 2.15. The van der Waals surface area contributed by atoms with E-state index in [2.05, 4.69) is 10.3 Å². The van der Waals surface area contributed by atoms with Crippen molar-refractivity contribution in [2.45, 2.75) is 4.90 Å². The lowest BCUT2D eigenvalue weighted by atomic mass is 10.0. The molecule has 7 heteroatoms. The minimum absolute atomic E-state index is 0.0669. The first-order valence-electron chi connectivity index (χ1n) is 8.11. The average molecular weight is 382 g/mol. The molecule has 0 atom stereocenters. The first kappa shape index (κ1) is 18.6. The van der Waals surface area contributed by atoms with Gasteiger partial charge in [-0.1, -0.05) is 42.5 Å². The van der Waals surface area contributed by atoms with Crippen molar-refractivity contribution < 1.29 is 17.9 Å². The molecule has 0 spiro atoms. The van der Waals surface area contributed by atoms with Crippen LogP contribution in [0.1, 0.15) is 10.4 Å². The van der Waals surface area contributed by atoms with Crippen LogP contribution in [0.2, 0.25) is 0 Å². The topological polar surface area (TPSA) is 84.5 Å². The molecule has 0 aliphatic rings. The average Bonchev–Trinajstić information content (AvgIpc) is 2.73. The maximum atomic E-state index is 12.3. The van der Waals surface area contributed by atoms with Gasteiger partial charge in [0, 0.05) is 5.56 Å². The summed E-state index contributed by atoms with van der Waals surface area (Å²) in [7, 11) is -2.24. The van der Waals surface area contributed by atoms with Crippen molar-refractivity contribution >= 4 is 15.9 Å². The van der Waals surface area contributed by atoms with E-state index in [1.165, 1.54) is 12.1 Å². The predicted molar refractivity (Wildman–Crippen MR) is 103 cm³/mol. The Labute approximate surface area is 157 Å². The molecule has 0 saturated carbocycles. The molecule has 3 aromatic carbocycles. The van der Waals surface area contributed by atoms with E-state index in [9.17, 15) is 13.2 Å². The third-order valence-electron chi connectivity index (χ3n) is 3.90. The molecule has 138 valence electrons. The van der Waals surface area contributed by atoms with Crippen LogP contribution in [0.25, 0.3) is 11.1 Å². The van der Waals surface area contributed by atoms with E-state index in [0.717, 1.165) is 16.9 Å². The molecule has 27 heavy (non-hydrogen) atoms. The van der Waals surface area contributed by atoms with Gasteiger partial charge < -0.3 is 4.74 Å². The molecule has 1 amide bonds. The van der Waals surface area contributed by atoms with Gasteiger partial charge >= 0.3 is 0 Å². The van der Waals surface area contributed by atoms with Crippen molar-refractivity contribution in [2.75, 3.05) is 7.11 Å². The number of carbonyl (C=O) groups is 1. The second kappa shape index (κ2) is 8.03. The molecular weight excluding hydrogens is 364 g/mol. The number of sulfonamides is 1. The van der Waals surface area contributed by atoms with Crippen LogP contribution in [0.15, 0.2) is 83.8 Å². The number of hydrazine groups is 1. The van der Waals surface area contributed by atoms with Crippen molar-refractivity contribution in [2.24, 2.45) is 0 Å². The summed E-state index contributed by atoms with van der Waals surface area (Å²) in [6.07, 6.45) is 0. The van der Waals surface area contributed by atoms with Crippen molar-refractivity contribution in [3.05, 3.63) is 84.4 Å². The molecule has 0 radical (unpaired) electrons. The number of hydrogen-bond acceptors (Lipinski definition) is 4. The van der Waals surface area contributed by atoms with Crippen LogP contribution in [0.3, 0.4) is 0 Å². The van der Waals surface area contributed by atoms with Crippen molar-refractivity contribution in [1.29, 1.82) is 0 Å². The van der Waals surface area contributed by atoms with Crippen LogP contribution in [-0.2, 0) is 10.0 Å². The highest BCUT2D eigenvalue weighted by molar-refractivity contribution is 7.89. The number of hydrogen-bond donors (Lipinski definition) is 2. The summed E-state index contributed by atoms with van der Waals surface area (Å²) in [4.78, 5) is 14.5. The maximum absolute atomic E-state index is 12.3. The van der Waals surface area contributed by atoms with Crippen molar-refractivity contribution in [3.8, 4) is 16.9 Å². The molecule has 0 heterocycles. The lowest BCUT2D eigenvalue weighted by Gasteiger charge is -2.10. The van der Waals surface area contributed by atoms with E-state index in [4.69, 9.17) is 4.74 Å². The largest absolute Gasteiger partial charge is 0.497 e. The van der Waals surface area contributed by atoms with Gasteiger partial charge in [0.15, 0.2) is 0 Å². The van der Waals surface area contributed by atoms with Gasteiger partial charge in [0.25, 0.3) is 15.9 Å². The fraction of sp³-hybridized carbons (Fsp3) is 0.0500. The van der Waals surface area contributed by atoms with Gasteiger partial charge in [-0.15, -0.1) is 4.83 Å². The molecular formula is C20H18N2O4S. The molecule has 0 aliphatic heterocycles. The van der Waals surface area contributed by atoms with Crippen molar-refractivity contribution in [1.82, 2.24) is 10.3 Å². The van der Waals surface area contributed by atoms with Crippen LogP contribution >= 0.6 is 0 Å². The van der Waals surface area contributed by atoms with Crippen LogP contribution < -0.4 is 15.0 Å². The Bertz CT molecular complexity index is 1030. The minimum Gasteiger partial charge on any atom is -0.497 e. The van der Waals surface area contributed by atoms with E-state index in [0.29, 0.717) is 5.56 Å². The molecule has 2 N–H and O–H groups in total. The monoisotopic (exact) mass is 382 g/mol. The maximum Gasteiger partial charge on any atom is 0.266 e. The molecule has 3 aromatic rings. The van der Waals surface area contributed by atoms with Crippen LogP contribution in [-0.4, -0.2) is 21.4 Å². The zero-order valence-electron chi connectivity index (χ0n) is 14.5. The number of amides is 1. The first-order valence-corrected chi connectivity index (χ1v) is 9.59. The molecule has 6 nitrogen and oxygen atoms in total. The van der Waals surface area contributed by atoms with Gasteiger partial charge in [0.1, 0.15) is 5.75 Å². The first-order chi connectivity index (χ1) is 13.0. The van der Waals surface area contributed by atoms with Gasteiger partial charge in [-0.2, -0.15) is 0 Å². The number of ether oxygens (including phenoxy) is 1. The van der Waals surface area contributed by atoms with Gasteiger partial charge in [-0.3, -0.25) is 10.2 Å². The molecule has 0 unspecified atom stereocenters. The zero-order chi connectivity index (χ0) is 19.3. The van der Waals surface area contributed by atoms with Gasteiger partial charge in [0.2, 0.25) is 0 Å². The summed E-state index contributed by atoms with van der Waals surface area (Å²) in [6, 6.07) is 22.1. The Hall–Kier alpha value is -3.16. The van der Waals surface area contributed by atoms with E-state index in [1.807, 2.05) is 30.3 Å². The third kappa shape index (κ3) is 4.52. The molecule has 0 aromatic heterocycles. The molecule has 0 fully saturated rings. The predicted octanol–water partition coefficient (Wildman–Crippen LogP) is 2.99. The van der Waals surface area contributed by atoms with E-state index in [-0.39, 0.29) is 4.90 Å². The lowest BCUT2D eigenvalue weighted by molar-refractivity contribution is 0.0945. The normalized spacial score (nSPS) is 11.0. The van der Waals surface area contributed by atoms with E-state index in [1.54, 1.807) is 43.5 Å². The molecule has 0 bridgehead atoms. The summed E-state index contributed by atoms with van der Waals surface area (Å²) in [5.41, 5.74) is 4.31. The number of rotatable bonds is 6. The Balaban J connectivity index is 1.73. The Morgan fingerprint density at radius 1 is 0.852 bits per heavy atom. The van der Waals surface area contributed by atoms with Gasteiger partial charge in [-0.05, 0) is 47.5 Å². The van der Waals surface area contributed by atoms with Crippen LogP contribution in [0.5, 0.6) is 5.75 Å². The second-order valence-corrected chi connectivity index (χ2v) is 7.36. The van der Waals surface area contributed by atoms with Crippen molar-refractivity contribution in [3.63, 3.8) is 0 Å². The summed E-state index contributed by atoms with van der Waals surface area (Å²) in [6.45, 7) is 0. The molecule has 3 rings (SSSR count). The van der Waals surface area contributed by atoms with E-state index >= 15 is 0 Å². The highest BCUT2D eigenvalue weighted by atomic mass is 32.2. The standard InChI is InChI=1S/C20H18N2O4S/c1-26-18-12-10-15(11-13-18)16-6-5-7-17(14-16)20(23)21-22-27(24,25)19-8-3-2-4-9-19/h2-14,22H,1H3,(H,21,23). The summed E-state index contributed by atoms with van der Waals surface area (Å²) >= 11 is 0. The summed E-state index contributed by atoms with van der Waals surface area (Å²) < 4.78 is 29.5. The van der Waals surface area contributed by atoms with Gasteiger partial charge in [-0.25, -0.2) is 8.42 Å². The summed E-state index contributed by atoms with van der Waals surface area (Å²) in [5.74, 6) is 0.188. The number of benzene rings is 3. The van der Waals surface area contributed by atoms with Gasteiger partial charge in [0.05, 0.1) is 12.0 Å². The smallest absolute Gasteiger partial charge is 0.266 e. The Morgan fingerprint density at radius 3 is 2.22 bits per heavy atom. The third-order valence-corrected chi connectivity index (χ3v) is 5.16. The highest BCUT2D eigenvalue weighted by Crippen LogP contribution is 2.23. The molecule has 0 saturated heterocycles. The fourth-order valence-electron chi connectivity index (χ4n) is 2.47. The fourth-order valence-corrected chi connectivity index (χ4v) is 3.33. The van der Waals surface area contributed by atoms with Crippen LogP contribution in [0.4, 0.5) is 0 Å². The number of nitrogens with one attached hydrogen (secondary N) is 2. The van der Waals surface area contributed by atoms with Crippen LogP contribution in [0, 0.1) is 0 Å². The minimum atomic E-state index is -3.83. The summed E-state index contributed by atoms with van der Waals surface area (Å²) in [5, 5.41) is 0. The number of carbonyl (C=O) groups excluding carboxylic acids is 1. The number of methoxy groups -OCH3 is 1. The zero-order valence-corrected chi connectivity index (χ0v) is 15.4. The lowest BCUT2D eigenvalue weighted by Crippen LogP contribution is -2.41.